The van der Waals surface area contributed by atoms with Crippen molar-refractivity contribution < 1.29 is 84.3 Å². The second-order valence-electron chi connectivity index (χ2n) is 13.1. The number of ether oxygens (including phenoxy) is 6. The van der Waals surface area contributed by atoms with Crippen LogP contribution in [0.1, 0.15) is 34.5 Å². The van der Waals surface area contributed by atoms with E-state index in [0.29, 0.717) is 11.1 Å². The molecule has 17 heteroatoms. The molecule has 0 amide bonds. The van der Waals surface area contributed by atoms with Gasteiger partial charge < -0.3 is 79.5 Å². The number of carbonyl (C=O) groups is 1. The van der Waals surface area contributed by atoms with Crippen LogP contribution in [-0.4, -0.2) is 107 Å². The van der Waals surface area contributed by atoms with Crippen molar-refractivity contribution in [2.45, 2.75) is 68.0 Å². The molecule has 5 unspecified atom stereocenters. The van der Waals surface area contributed by atoms with Crippen LogP contribution in [0.25, 0.3) is 0 Å². The largest absolute Gasteiger partial charge is 0.508 e. The van der Waals surface area contributed by atoms with Gasteiger partial charge in [0.1, 0.15) is 65.0 Å². The molecule has 54 heavy (non-hydrogen) atoms. The first-order valence-electron chi connectivity index (χ1n) is 16.6. The normalized spacial score (nSPS) is 27.4. The Kier molecular flexibility index (Phi) is 9.59. The smallest absolute Gasteiger partial charge is 0.338 e. The zero-order chi connectivity index (χ0) is 38.6. The van der Waals surface area contributed by atoms with Gasteiger partial charge in [0.05, 0.1) is 13.2 Å². The minimum absolute atomic E-state index is 0.0424. The fourth-order valence-electron chi connectivity index (χ4n) is 6.72. The molecule has 10 N–H and O–H groups in total. The van der Waals surface area contributed by atoms with Crippen LogP contribution >= 0.6 is 0 Å². The Morgan fingerprint density at radius 3 is 2.04 bits per heavy atom. The van der Waals surface area contributed by atoms with Crippen molar-refractivity contribution in [1.82, 2.24) is 0 Å². The molecule has 7 rings (SSSR count). The van der Waals surface area contributed by atoms with Gasteiger partial charge in [0.15, 0.2) is 35.2 Å². The molecule has 4 aromatic rings. The third-order valence-corrected chi connectivity index (χ3v) is 9.52. The average Bonchev–Trinajstić information content (AvgIpc) is 3.13. The van der Waals surface area contributed by atoms with E-state index in [1.165, 1.54) is 55.6 Å². The maximum absolute atomic E-state index is 13.7. The fourth-order valence-corrected chi connectivity index (χ4v) is 6.72. The van der Waals surface area contributed by atoms with Gasteiger partial charge in [-0.15, -0.1) is 0 Å². The average molecular weight is 753 g/mol. The Hall–Kier alpha value is -5.85. The van der Waals surface area contributed by atoms with Crippen LogP contribution in [0, 0.1) is 0 Å². The highest BCUT2D eigenvalue weighted by molar-refractivity contribution is 5.76. The number of aliphatic hydroxyl groups excluding tert-OH is 4. The number of carbonyl (C=O) groups excluding carboxylic acids is 1. The molecule has 0 saturated carbocycles. The lowest BCUT2D eigenvalue weighted by Crippen LogP contribution is -2.61. The topological polar surface area (TPSA) is 275 Å². The summed E-state index contributed by atoms with van der Waals surface area (Å²) in [5.74, 6) is -3.24. The maximum Gasteiger partial charge on any atom is 0.338 e. The number of fused-ring (bicyclic) bond motifs is 2. The number of esters is 1. The molecule has 3 aliphatic heterocycles. The lowest BCUT2D eigenvalue weighted by molar-refractivity contribution is -0.274. The number of benzene rings is 4. The number of hydrogen-bond acceptors (Lipinski definition) is 17. The zero-order valence-electron chi connectivity index (χ0n) is 28.2. The molecule has 0 radical (unpaired) electrons. The minimum Gasteiger partial charge on any atom is -0.508 e. The number of phenols is 6. The molecule has 286 valence electrons. The Morgan fingerprint density at radius 2 is 1.31 bits per heavy atom. The second kappa shape index (κ2) is 14.2. The molecular weight excluding hydrogens is 716 g/mol. The minimum atomic E-state index is -2.02. The van der Waals surface area contributed by atoms with Crippen molar-refractivity contribution >= 4 is 5.97 Å². The van der Waals surface area contributed by atoms with Gasteiger partial charge >= 0.3 is 5.97 Å². The van der Waals surface area contributed by atoms with Crippen molar-refractivity contribution in [3.8, 4) is 57.5 Å². The SMILES string of the molecule is COc1cc(C2Oc3cc(O)cc(O)c3CC2OC(=O)[C@H]2OC(Oc3cc(O)c4c(c3)OC(c3ccc(O)c(O)c3)C(O)C4)[C@H](O)[C@@H](O)[C@@H]2O)ccc1O. The van der Waals surface area contributed by atoms with Crippen LogP contribution in [0.2, 0.25) is 0 Å². The van der Waals surface area contributed by atoms with Crippen LogP contribution in [0.5, 0.6) is 57.5 Å². The first-order valence-corrected chi connectivity index (χ1v) is 16.6. The van der Waals surface area contributed by atoms with Gasteiger partial charge in [-0.1, -0.05) is 12.1 Å². The summed E-state index contributed by atoms with van der Waals surface area (Å²) in [7, 11) is 1.33. The number of rotatable bonds is 7. The third kappa shape index (κ3) is 6.74. The predicted octanol–water partition coefficient (Wildman–Crippen LogP) is 1.44. The highest BCUT2D eigenvalue weighted by Crippen LogP contribution is 2.46. The molecule has 4 aromatic carbocycles. The summed E-state index contributed by atoms with van der Waals surface area (Å²) in [6.45, 7) is 0. The Morgan fingerprint density at radius 1 is 0.667 bits per heavy atom. The lowest BCUT2D eigenvalue weighted by Gasteiger charge is -2.40. The monoisotopic (exact) mass is 752 g/mol. The van der Waals surface area contributed by atoms with Crippen molar-refractivity contribution in [2.75, 3.05) is 7.11 Å². The molecule has 1 saturated heterocycles. The van der Waals surface area contributed by atoms with Gasteiger partial charge in [0.25, 0.3) is 0 Å². The van der Waals surface area contributed by atoms with Crippen LogP contribution < -0.4 is 18.9 Å². The molecule has 0 spiro atoms. The highest BCUT2D eigenvalue weighted by atomic mass is 16.7. The van der Waals surface area contributed by atoms with Crippen LogP contribution in [0.3, 0.4) is 0 Å². The Labute approximate surface area is 305 Å². The van der Waals surface area contributed by atoms with E-state index in [1.54, 1.807) is 0 Å². The lowest BCUT2D eigenvalue weighted by atomic mass is 9.93. The molecule has 3 heterocycles. The van der Waals surface area contributed by atoms with E-state index >= 15 is 0 Å². The Balaban J connectivity index is 1.13. The summed E-state index contributed by atoms with van der Waals surface area (Å²) >= 11 is 0. The van der Waals surface area contributed by atoms with E-state index < -0.39 is 66.8 Å². The molecule has 0 aromatic heterocycles. The van der Waals surface area contributed by atoms with E-state index in [2.05, 4.69) is 0 Å². The van der Waals surface area contributed by atoms with Gasteiger partial charge in [-0.05, 0) is 29.8 Å². The maximum atomic E-state index is 13.7. The van der Waals surface area contributed by atoms with Crippen LogP contribution in [0.15, 0.2) is 60.7 Å². The van der Waals surface area contributed by atoms with Gasteiger partial charge in [-0.2, -0.15) is 0 Å². The van der Waals surface area contributed by atoms with Gasteiger partial charge in [0, 0.05) is 53.8 Å². The number of aromatic hydroxyl groups is 6. The number of phenolic OH excluding ortho intramolecular Hbond substituents is 6. The van der Waals surface area contributed by atoms with E-state index in [4.69, 9.17) is 28.4 Å². The summed E-state index contributed by atoms with van der Waals surface area (Å²) in [6, 6.07) is 12.8. The van der Waals surface area contributed by atoms with E-state index in [1.807, 2.05) is 0 Å². The van der Waals surface area contributed by atoms with Crippen molar-refractivity contribution in [3.63, 3.8) is 0 Å². The van der Waals surface area contributed by atoms with Crippen molar-refractivity contribution in [3.05, 3.63) is 82.9 Å². The molecular formula is C37H36O17. The van der Waals surface area contributed by atoms with Crippen molar-refractivity contribution in [1.29, 1.82) is 0 Å². The summed E-state index contributed by atoms with van der Waals surface area (Å²) in [6.07, 6.45) is -14.5. The first kappa shape index (κ1) is 36.5. The van der Waals surface area contributed by atoms with Crippen molar-refractivity contribution in [2.24, 2.45) is 0 Å². The second-order valence-corrected chi connectivity index (χ2v) is 13.1. The quantitative estimate of drug-likeness (QED) is 0.0945. The van der Waals surface area contributed by atoms with E-state index in [9.17, 15) is 55.9 Å². The number of aliphatic hydroxyl groups is 4. The zero-order valence-corrected chi connectivity index (χ0v) is 28.2. The molecule has 17 nitrogen and oxygen atoms in total. The summed E-state index contributed by atoms with van der Waals surface area (Å²) in [5.41, 5.74) is 1.05. The van der Waals surface area contributed by atoms with E-state index in [0.717, 1.165) is 12.1 Å². The molecule has 0 aliphatic carbocycles. The standard InChI is InChI=1S/C37H36O17/c1-49-28-7-15(3-5-21(28)40)34-29(13-19-22(41)8-16(38)9-26(19)52-34)53-36(48)35-31(46)30(45)32(47)37(54-35)50-17-10-23(42)18-12-25(44)33(51-27(18)11-17)14-2-4-20(39)24(43)6-14/h2-11,25,29-35,37-47H,12-13H2,1H3/t25?,29?,30-,31-,32+,33?,34?,35-,37?/m0/s1. The Bertz CT molecular complexity index is 2070. The van der Waals surface area contributed by atoms with Crippen LogP contribution in [0.4, 0.5) is 0 Å². The summed E-state index contributed by atoms with van der Waals surface area (Å²) < 4.78 is 34.4. The molecule has 0 bridgehead atoms. The molecule has 3 aliphatic rings. The number of hydrogen-bond donors (Lipinski definition) is 10. The van der Waals surface area contributed by atoms with Gasteiger partial charge in [-0.25, -0.2) is 4.79 Å². The van der Waals surface area contributed by atoms with Gasteiger partial charge in [-0.3, -0.25) is 0 Å². The molecule has 1 fully saturated rings. The first-order chi connectivity index (χ1) is 25.7. The predicted molar refractivity (Wildman–Crippen MR) is 180 cm³/mol. The summed E-state index contributed by atoms with van der Waals surface area (Å²) in [5, 5.41) is 104. The third-order valence-electron chi connectivity index (χ3n) is 9.52. The highest BCUT2D eigenvalue weighted by Gasteiger charge is 2.50. The molecule has 9 atom stereocenters. The fraction of sp³-hybridized carbons (Fsp3) is 0.324. The van der Waals surface area contributed by atoms with Crippen LogP contribution in [-0.2, 0) is 27.1 Å². The van der Waals surface area contributed by atoms with Gasteiger partial charge in [0.2, 0.25) is 6.29 Å². The number of methoxy groups -OCH3 is 1. The summed E-state index contributed by atoms with van der Waals surface area (Å²) in [4.78, 5) is 13.7. The van der Waals surface area contributed by atoms with E-state index in [-0.39, 0.29) is 75.7 Å².